The quantitative estimate of drug-likeness (QED) is 0.770. The van der Waals surface area contributed by atoms with Gasteiger partial charge >= 0.3 is 0 Å². The first kappa shape index (κ1) is 15.0. The van der Waals surface area contributed by atoms with Crippen LogP contribution in [0.15, 0.2) is 24.3 Å². The van der Waals surface area contributed by atoms with E-state index in [1.807, 2.05) is 20.9 Å². The van der Waals surface area contributed by atoms with Gasteiger partial charge in [0.25, 0.3) is 0 Å². The van der Waals surface area contributed by atoms with Gasteiger partial charge in [0, 0.05) is 19.3 Å². The molecule has 0 atom stereocenters. The maximum absolute atomic E-state index is 3.16. The summed E-state index contributed by atoms with van der Waals surface area (Å²) in [5.41, 5.74) is 2.61. The third-order valence-corrected chi connectivity index (χ3v) is 2.40. The lowest BCUT2D eigenvalue weighted by atomic mass is 10.2. The van der Waals surface area contributed by atoms with Gasteiger partial charge in [0.05, 0.1) is 0 Å². The van der Waals surface area contributed by atoms with Crippen LogP contribution in [-0.4, -0.2) is 27.2 Å². The molecule has 1 N–H and O–H groups in total. The van der Waals surface area contributed by atoms with Gasteiger partial charge in [-0.05, 0) is 39.1 Å². The Labute approximate surface area is 101 Å². The Balaban J connectivity index is 0.00000106. The number of hydrogen-bond acceptors (Lipinski definition) is 2. The highest BCUT2D eigenvalue weighted by Gasteiger charge is 1.98. The van der Waals surface area contributed by atoms with Crippen molar-refractivity contribution >= 4 is 5.69 Å². The predicted octanol–water partition coefficient (Wildman–Crippen LogP) is 3.07. The molecule has 2 heteroatoms. The molecule has 0 amide bonds. The summed E-state index contributed by atoms with van der Waals surface area (Å²) in [7, 11) is 4.13. The van der Waals surface area contributed by atoms with Gasteiger partial charge in [0.2, 0.25) is 0 Å². The predicted molar refractivity (Wildman–Crippen MR) is 74.3 cm³/mol. The Kier molecular flexibility index (Phi) is 8.64. The van der Waals surface area contributed by atoms with Crippen molar-refractivity contribution in [1.82, 2.24) is 5.32 Å². The van der Waals surface area contributed by atoms with E-state index in [1.165, 1.54) is 17.7 Å². The average molecular weight is 222 g/mol. The Morgan fingerprint density at radius 3 is 2.19 bits per heavy atom. The van der Waals surface area contributed by atoms with Crippen molar-refractivity contribution in [1.29, 1.82) is 0 Å². The monoisotopic (exact) mass is 222 g/mol. The number of nitrogens with zero attached hydrogens (tertiary/aromatic N) is 1. The van der Waals surface area contributed by atoms with E-state index >= 15 is 0 Å². The summed E-state index contributed by atoms with van der Waals surface area (Å²) in [5.74, 6) is 0. The third-order valence-electron chi connectivity index (χ3n) is 2.40. The zero-order chi connectivity index (χ0) is 12.4. The minimum Gasteiger partial charge on any atom is -0.375 e. The van der Waals surface area contributed by atoms with Gasteiger partial charge in [-0.15, -0.1) is 0 Å². The number of benzene rings is 1. The Hall–Kier alpha value is -1.02. The first-order valence-corrected chi connectivity index (χ1v) is 6.16. The maximum Gasteiger partial charge on any atom is 0.0363 e. The molecule has 0 aliphatic carbocycles. The number of nitrogens with one attached hydrogen (secondary N) is 1. The lowest BCUT2D eigenvalue weighted by molar-refractivity contribution is 0.713. The molecular weight excluding hydrogens is 196 g/mol. The summed E-state index contributed by atoms with van der Waals surface area (Å²) in [5, 5.41) is 3.16. The smallest absolute Gasteiger partial charge is 0.0363 e. The molecule has 2 nitrogen and oxygen atoms in total. The molecule has 0 bridgehead atoms. The molecule has 0 unspecified atom stereocenters. The number of hydrogen-bond donors (Lipinski definition) is 1. The van der Waals surface area contributed by atoms with E-state index in [-0.39, 0.29) is 0 Å². The highest BCUT2D eigenvalue weighted by Crippen LogP contribution is 2.13. The normalized spacial score (nSPS) is 9.31. The van der Waals surface area contributed by atoms with Crippen LogP contribution in [0.3, 0.4) is 0 Å². The van der Waals surface area contributed by atoms with Gasteiger partial charge < -0.3 is 10.2 Å². The van der Waals surface area contributed by atoms with Crippen LogP contribution >= 0.6 is 0 Å². The van der Waals surface area contributed by atoms with E-state index in [0.29, 0.717) is 0 Å². The van der Waals surface area contributed by atoms with E-state index in [4.69, 9.17) is 0 Å². The van der Waals surface area contributed by atoms with E-state index in [1.54, 1.807) is 0 Å². The maximum atomic E-state index is 3.16. The van der Waals surface area contributed by atoms with Crippen LogP contribution in [0.4, 0.5) is 5.69 Å². The van der Waals surface area contributed by atoms with Gasteiger partial charge in [-0.1, -0.05) is 31.5 Å². The van der Waals surface area contributed by atoms with E-state index < -0.39 is 0 Å². The van der Waals surface area contributed by atoms with Crippen LogP contribution in [-0.2, 0) is 0 Å². The summed E-state index contributed by atoms with van der Waals surface area (Å²) in [6.07, 6.45) is 1.18. The van der Waals surface area contributed by atoms with Gasteiger partial charge in [-0.25, -0.2) is 0 Å². The van der Waals surface area contributed by atoms with Crippen molar-refractivity contribution in [3.63, 3.8) is 0 Å². The minimum absolute atomic E-state index is 1.08. The molecule has 0 heterocycles. The van der Waals surface area contributed by atoms with Gasteiger partial charge in [-0.2, -0.15) is 0 Å². The molecule has 0 saturated heterocycles. The molecule has 0 aromatic heterocycles. The summed E-state index contributed by atoms with van der Waals surface area (Å²) >= 11 is 0. The standard InChI is InChI=1S/C12H20N2.C2H6/c1-11-5-7-12(8-6-11)14(3)10-4-9-13-2;1-2/h5-8,13H,4,9-10H2,1-3H3;1-2H3. The molecule has 0 aliphatic heterocycles. The lowest BCUT2D eigenvalue weighted by Gasteiger charge is -2.19. The summed E-state index contributed by atoms with van der Waals surface area (Å²) in [4.78, 5) is 2.29. The Morgan fingerprint density at radius 1 is 1.12 bits per heavy atom. The molecule has 16 heavy (non-hydrogen) atoms. The number of aryl methyl sites for hydroxylation is 1. The average Bonchev–Trinajstić information content (AvgIpc) is 2.33. The molecule has 1 rings (SSSR count). The zero-order valence-corrected chi connectivity index (χ0v) is 11.4. The fraction of sp³-hybridized carbons (Fsp3) is 0.571. The topological polar surface area (TPSA) is 15.3 Å². The molecule has 1 aromatic rings. The van der Waals surface area contributed by atoms with Crippen molar-refractivity contribution in [3.8, 4) is 0 Å². The Morgan fingerprint density at radius 2 is 1.69 bits per heavy atom. The van der Waals surface area contributed by atoms with Crippen LogP contribution in [0.5, 0.6) is 0 Å². The van der Waals surface area contributed by atoms with Crippen LogP contribution < -0.4 is 10.2 Å². The van der Waals surface area contributed by atoms with Crippen molar-refractivity contribution in [2.24, 2.45) is 0 Å². The summed E-state index contributed by atoms with van der Waals surface area (Å²) < 4.78 is 0. The Bertz CT molecular complexity index is 254. The van der Waals surface area contributed by atoms with Crippen LogP contribution in [0, 0.1) is 6.92 Å². The number of rotatable bonds is 5. The van der Waals surface area contributed by atoms with Gasteiger partial charge in [0.1, 0.15) is 0 Å². The molecule has 92 valence electrons. The minimum atomic E-state index is 1.08. The SMILES string of the molecule is CC.CNCCCN(C)c1ccc(C)cc1. The second kappa shape index (κ2) is 9.22. The molecular formula is C14H26N2. The molecule has 1 aromatic carbocycles. The van der Waals surface area contributed by atoms with Crippen molar-refractivity contribution in [2.75, 3.05) is 32.1 Å². The van der Waals surface area contributed by atoms with Crippen LogP contribution in [0.1, 0.15) is 25.8 Å². The van der Waals surface area contributed by atoms with Gasteiger partial charge in [0.15, 0.2) is 0 Å². The third kappa shape index (κ3) is 5.76. The fourth-order valence-electron chi connectivity index (χ4n) is 1.42. The van der Waals surface area contributed by atoms with Gasteiger partial charge in [-0.3, -0.25) is 0 Å². The highest BCUT2D eigenvalue weighted by atomic mass is 15.1. The zero-order valence-electron chi connectivity index (χ0n) is 11.4. The lowest BCUT2D eigenvalue weighted by Crippen LogP contribution is -2.22. The molecule has 0 aliphatic rings. The first-order chi connectivity index (χ1) is 7.74. The largest absolute Gasteiger partial charge is 0.375 e. The van der Waals surface area contributed by atoms with Crippen molar-refractivity contribution in [3.05, 3.63) is 29.8 Å². The molecule has 0 saturated carbocycles. The van der Waals surface area contributed by atoms with Crippen molar-refractivity contribution in [2.45, 2.75) is 27.2 Å². The summed E-state index contributed by atoms with van der Waals surface area (Å²) in [6.45, 7) is 8.30. The van der Waals surface area contributed by atoms with Crippen LogP contribution in [0.25, 0.3) is 0 Å². The van der Waals surface area contributed by atoms with E-state index in [2.05, 4.69) is 48.5 Å². The van der Waals surface area contributed by atoms with Crippen LogP contribution in [0.2, 0.25) is 0 Å². The summed E-state index contributed by atoms with van der Waals surface area (Å²) in [6, 6.07) is 8.66. The van der Waals surface area contributed by atoms with E-state index in [9.17, 15) is 0 Å². The number of anilines is 1. The first-order valence-electron chi connectivity index (χ1n) is 6.16. The molecule has 0 radical (unpaired) electrons. The van der Waals surface area contributed by atoms with E-state index in [0.717, 1.165) is 13.1 Å². The fourth-order valence-corrected chi connectivity index (χ4v) is 1.42. The second-order valence-corrected chi connectivity index (χ2v) is 3.71. The molecule has 0 spiro atoms. The highest BCUT2D eigenvalue weighted by molar-refractivity contribution is 5.46. The molecule has 0 fully saturated rings. The second-order valence-electron chi connectivity index (χ2n) is 3.71. The van der Waals surface area contributed by atoms with Crippen molar-refractivity contribution < 1.29 is 0 Å².